The Labute approximate surface area is 198 Å². The summed E-state index contributed by atoms with van der Waals surface area (Å²) in [4.78, 5) is 14.0. The van der Waals surface area contributed by atoms with Crippen LogP contribution in [0.15, 0.2) is 42.5 Å². The first-order chi connectivity index (χ1) is 15.0. The number of aryl methyl sites for hydroxylation is 1. The van der Waals surface area contributed by atoms with Gasteiger partial charge in [-0.05, 0) is 48.4 Å². The highest BCUT2D eigenvalue weighted by Crippen LogP contribution is 2.34. The monoisotopic (exact) mass is 457 g/mol. The average molecular weight is 458 g/mol. The van der Waals surface area contributed by atoms with Crippen molar-refractivity contribution >= 4 is 24.0 Å². The van der Waals surface area contributed by atoms with Crippen molar-refractivity contribution in [2.45, 2.75) is 64.2 Å². The molecule has 0 saturated carbocycles. The van der Waals surface area contributed by atoms with E-state index in [0.717, 1.165) is 36.3 Å². The minimum Gasteiger partial charge on any atom is -0.496 e. The molecule has 0 unspecified atom stereocenters. The van der Waals surface area contributed by atoms with Crippen molar-refractivity contribution in [3.8, 4) is 5.75 Å². The van der Waals surface area contributed by atoms with Gasteiger partial charge in [0.1, 0.15) is 5.75 Å². The number of fused-ring (bicyclic) bond motifs is 1. The highest BCUT2D eigenvalue weighted by atomic mass is 35.5. The molecule has 2 heterocycles. The number of halogens is 1. The molecular weight excluding hydrogens is 422 g/mol. The second kappa shape index (κ2) is 10.7. The first-order valence-corrected chi connectivity index (χ1v) is 11.5. The Bertz CT molecular complexity index is 919. The van der Waals surface area contributed by atoms with Gasteiger partial charge in [0.25, 0.3) is 0 Å². The van der Waals surface area contributed by atoms with Gasteiger partial charge in [-0.15, -0.1) is 12.4 Å². The van der Waals surface area contributed by atoms with Crippen LogP contribution in [0, 0.1) is 5.92 Å². The van der Waals surface area contributed by atoms with Crippen molar-refractivity contribution in [1.82, 2.24) is 10.6 Å². The lowest BCUT2D eigenvalue weighted by Crippen LogP contribution is -2.51. The summed E-state index contributed by atoms with van der Waals surface area (Å²) in [6.45, 7) is 5.30. The zero-order valence-electron chi connectivity index (χ0n) is 19.6. The Morgan fingerprint density at radius 2 is 1.91 bits per heavy atom. The Balaban J connectivity index is 0.00000289. The predicted octanol–water partition coefficient (Wildman–Crippen LogP) is 4.63. The number of ether oxygens (including phenoxy) is 1. The molecule has 2 N–H and O–H groups in total. The number of methoxy groups -OCH3 is 1. The maximum atomic E-state index is 12.2. The zero-order chi connectivity index (χ0) is 22.0. The lowest BCUT2D eigenvalue weighted by Gasteiger charge is -2.40. The molecule has 32 heavy (non-hydrogen) atoms. The van der Waals surface area contributed by atoms with Gasteiger partial charge in [-0.3, -0.25) is 4.79 Å². The Morgan fingerprint density at radius 1 is 1.16 bits per heavy atom. The SMILES string of the molecule is COc1cc2c(cc1CN[C@H]1CC[C@@H](C(C)C)N[C@@H]1c1ccccc1)N(C)C(=O)CC2.Cl. The predicted molar refractivity (Wildman–Crippen MR) is 133 cm³/mol. The van der Waals surface area contributed by atoms with Crippen LogP contribution in [-0.4, -0.2) is 32.1 Å². The van der Waals surface area contributed by atoms with Crippen LogP contribution in [0.4, 0.5) is 5.69 Å². The second-order valence-electron chi connectivity index (χ2n) is 9.22. The molecule has 0 spiro atoms. The van der Waals surface area contributed by atoms with Gasteiger partial charge >= 0.3 is 0 Å². The molecular formula is C26H36ClN3O2. The summed E-state index contributed by atoms with van der Waals surface area (Å²) in [5, 5.41) is 7.71. The summed E-state index contributed by atoms with van der Waals surface area (Å²) in [6, 6.07) is 16.1. The van der Waals surface area contributed by atoms with Crippen LogP contribution in [-0.2, 0) is 17.8 Å². The molecule has 0 bridgehead atoms. The van der Waals surface area contributed by atoms with Gasteiger partial charge in [-0.2, -0.15) is 0 Å². The van der Waals surface area contributed by atoms with Crippen LogP contribution in [0.2, 0.25) is 0 Å². The first-order valence-electron chi connectivity index (χ1n) is 11.5. The Morgan fingerprint density at radius 3 is 2.59 bits per heavy atom. The molecule has 5 nitrogen and oxygen atoms in total. The minimum atomic E-state index is 0. The highest BCUT2D eigenvalue weighted by Gasteiger charge is 2.32. The summed E-state index contributed by atoms with van der Waals surface area (Å²) >= 11 is 0. The van der Waals surface area contributed by atoms with E-state index in [4.69, 9.17) is 4.74 Å². The van der Waals surface area contributed by atoms with Crippen LogP contribution >= 0.6 is 12.4 Å². The molecule has 6 heteroatoms. The third-order valence-corrected chi connectivity index (χ3v) is 6.93. The Kier molecular flexibility index (Phi) is 8.21. The van der Waals surface area contributed by atoms with Gasteiger partial charge in [-0.25, -0.2) is 0 Å². The van der Waals surface area contributed by atoms with E-state index in [2.05, 4.69) is 66.9 Å². The van der Waals surface area contributed by atoms with E-state index in [1.165, 1.54) is 11.1 Å². The molecule has 2 aliphatic rings. The molecule has 0 aromatic heterocycles. The number of carbonyl (C=O) groups is 1. The summed E-state index contributed by atoms with van der Waals surface area (Å²) in [5.74, 6) is 1.69. The van der Waals surface area contributed by atoms with Crippen molar-refractivity contribution in [1.29, 1.82) is 0 Å². The summed E-state index contributed by atoms with van der Waals surface area (Å²) in [7, 11) is 3.59. The van der Waals surface area contributed by atoms with Crippen molar-refractivity contribution in [3.05, 3.63) is 59.2 Å². The fourth-order valence-electron chi connectivity index (χ4n) is 4.97. The minimum absolute atomic E-state index is 0. The number of anilines is 1. The number of rotatable bonds is 6. The van der Waals surface area contributed by atoms with Gasteiger partial charge in [0.2, 0.25) is 5.91 Å². The van der Waals surface area contributed by atoms with Crippen LogP contribution in [0.1, 0.15) is 55.8 Å². The van der Waals surface area contributed by atoms with Gasteiger partial charge < -0.3 is 20.3 Å². The summed E-state index contributed by atoms with van der Waals surface area (Å²) < 4.78 is 5.71. The summed E-state index contributed by atoms with van der Waals surface area (Å²) in [5.41, 5.74) is 4.62. The Hall–Kier alpha value is -2.08. The third kappa shape index (κ3) is 5.11. The normalized spacial score (nSPS) is 23.0. The highest BCUT2D eigenvalue weighted by molar-refractivity contribution is 5.96. The largest absolute Gasteiger partial charge is 0.496 e. The van der Waals surface area contributed by atoms with E-state index in [-0.39, 0.29) is 24.4 Å². The molecule has 2 aromatic rings. The van der Waals surface area contributed by atoms with E-state index >= 15 is 0 Å². The molecule has 3 atom stereocenters. The first kappa shape index (κ1) is 24.6. The second-order valence-corrected chi connectivity index (χ2v) is 9.22. The number of piperidine rings is 1. The number of nitrogens with one attached hydrogen (secondary N) is 2. The zero-order valence-corrected chi connectivity index (χ0v) is 20.4. The molecule has 2 aliphatic heterocycles. The van der Waals surface area contributed by atoms with Crippen molar-refractivity contribution in [2.24, 2.45) is 5.92 Å². The van der Waals surface area contributed by atoms with Crippen molar-refractivity contribution in [3.63, 3.8) is 0 Å². The van der Waals surface area contributed by atoms with Gasteiger partial charge in [0.15, 0.2) is 0 Å². The van der Waals surface area contributed by atoms with Crippen molar-refractivity contribution < 1.29 is 9.53 Å². The maximum Gasteiger partial charge on any atom is 0.227 e. The molecule has 1 fully saturated rings. The molecule has 1 saturated heterocycles. The molecule has 0 aliphatic carbocycles. The average Bonchev–Trinajstić information content (AvgIpc) is 2.80. The van der Waals surface area contributed by atoms with Crippen LogP contribution in [0.3, 0.4) is 0 Å². The quantitative estimate of drug-likeness (QED) is 0.663. The summed E-state index contributed by atoms with van der Waals surface area (Å²) in [6.07, 6.45) is 3.63. The molecule has 0 radical (unpaired) electrons. The van der Waals surface area contributed by atoms with E-state index in [0.29, 0.717) is 31.0 Å². The van der Waals surface area contributed by atoms with Gasteiger partial charge in [0.05, 0.1) is 7.11 Å². The van der Waals surface area contributed by atoms with Crippen LogP contribution in [0.5, 0.6) is 5.75 Å². The lowest BCUT2D eigenvalue weighted by atomic mass is 9.85. The standard InChI is InChI=1S/C26H35N3O2.ClH/c1-17(2)21-11-12-22(26(28-21)18-8-6-5-7-9-18)27-16-20-14-23-19(15-24(20)31-4)10-13-25(30)29(23)3;/h5-9,14-15,17,21-22,26-28H,10-13,16H2,1-4H3;1H/t21-,22-,26+;/m0./s1. The molecule has 2 aromatic carbocycles. The van der Waals surface area contributed by atoms with Crippen molar-refractivity contribution in [2.75, 3.05) is 19.1 Å². The molecule has 1 amide bonds. The lowest BCUT2D eigenvalue weighted by molar-refractivity contribution is -0.118. The maximum absolute atomic E-state index is 12.2. The number of nitrogens with zero attached hydrogens (tertiary/aromatic N) is 1. The van der Waals surface area contributed by atoms with Crippen LogP contribution < -0.4 is 20.3 Å². The van der Waals surface area contributed by atoms with E-state index < -0.39 is 0 Å². The topological polar surface area (TPSA) is 53.6 Å². The van der Waals surface area contributed by atoms with E-state index in [9.17, 15) is 4.79 Å². The third-order valence-electron chi connectivity index (χ3n) is 6.93. The van der Waals surface area contributed by atoms with Gasteiger partial charge in [0, 0.05) is 49.4 Å². The number of benzene rings is 2. The number of carbonyl (C=O) groups excluding carboxylic acids is 1. The number of hydrogen-bond donors (Lipinski definition) is 2. The molecule has 174 valence electrons. The smallest absolute Gasteiger partial charge is 0.227 e. The van der Waals surface area contributed by atoms with E-state index in [1.807, 2.05) is 7.05 Å². The molecule has 4 rings (SSSR count). The van der Waals surface area contributed by atoms with Crippen LogP contribution in [0.25, 0.3) is 0 Å². The van der Waals surface area contributed by atoms with E-state index in [1.54, 1.807) is 12.0 Å². The number of hydrogen-bond acceptors (Lipinski definition) is 4. The van der Waals surface area contributed by atoms with Gasteiger partial charge in [-0.1, -0.05) is 44.2 Å². The number of amides is 1. The fraction of sp³-hybridized carbons (Fsp3) is 0.500. The fourth-order valence-corrected chi connectivity index (χ4v) is 4.97.